The third-order valence-corrected chi connectivity index (χ3v) is 3.16. The lowest BCUT2D eigenvalue weighted by Crippen LogP contribution is -2.02. The molecule has 0 aliphatic rings. The van der Waals surface area contributed by atoms with Crippen molar-refractivity contribution >= 4 is 27.6 Å². The Morgan fingerprint density at radius 2 is 2.21 bits per heavy atom. The summed E-state index contributed by atoms with van der Waals surface area (Å²) in [7, 11) is 0. The van der Waals surface area contributed by atoms with Gasteiger partial charge in [-0.3, -0.25) is 10.1 Å². The predicted molar refractivity (Wildman–Crippen MR) is 69.6 cm³/mol. The summed E-state index contributed by atoms with van der Waals surface area (Å²) in [6.45, 7) is 1.61. The number of benzene rings is 1. The molecule has 0 unspecified atom stereocenters. The number of nitro benzene ring substituents is 1. The van der Waals surface area contributed by atoms with Crippen LogP contribution in [0.3, 0.4) is 0 Å². The minimum absolute atomic E-state index is 0.0782. The first kappa shape index (κ1) is 13.2. The molecule has 7 nitrogen and oxygen atoms in total. The average Bonchev–Trinajstić information content (AvgIpc) is 2.71. The number of aromatic nitrogens is 2. The molecule has 8 heteroatoms. The summed E-state index contributed by atoms with van der Waals surface area (Å²) in [4.78, 5) is 21.2. The summed E-state index contributed by atoms with van der Waals surface area (Å²) >= 11 is 3.08. The maximum atomic E-state index is 10.9. The van der Waals surface area contributed by atoms with Gasteiger partial charge in [0.25, 0.3) is 5.69 Å². The fourth-order valence-electron chi connectivity index (χ4n) is 1.59. The molecule has 0 aliphatic carbocycles. The van der Waals surface area contributed by atoms with Crippen LogP contribution in [0.1, 0.15) is 16.1 Å². The van der Waals surface area contributed by atoms with E-state index in [1.54, 1.807) is 13.0 Å². The van der Waals surface area contributed by atoms with Gasteiger partial charge in [0.1, 0.15) is 0 Å². The van der Waals surface area contributed by atoms with E-state index in [2.05, 4.69) is 21.0 Å². The van der Waals surface area contributed by atoms with Gasteiger partial charge >= 0.3 is 5.97 Å². The lowest BCUT2D eigenvalue weighted by molar-refractivity contribution is -0.385. The Hall–Kier alpha value is -2.22. The Kier molecular flexibility index (Phi) is 3.34. The SMILES string of the molecule is Cc1cn(-c2ccc(Br)c([N+](=O)[O-])c2)nc1C(=O)O. The van der Waals surface area contributed by atoms with Gasteiger partial charge in [-0.15, -0.1) is 0 Å². The van der Waals surface area contributed by atoms with Crippen LogP contribution in [0.2, 0.25) is 0 Å². The molecule has 1 aromatic heterocycles. The van der Waals surface area contributed by atoms with Gasteiger partial charge in [-0.25, -0.2) is 9.48 Å². The largest absolute Gasteiger partial charge is 0.476 e. The van der Waals surface area contributed by atoms with E-state index in [0.29, 0.717) is 15.7 Å². The second kappa shape index (κ2) is 4.81. The van der Waals surface area contributed by atoms with Gasteiger partial charge in [-0.2, -0.15) is 5.10 Å². The Bertz CT molecular complexity index is 681. The van der Waals surface area contributed by atoms with Crippen LogP contribution in [0.5, 0.6) is 0 Å². The molecule has 1 heterocycles. The Morgan fingerprint density at radius 1 is 1.53 bits per heavy atom. The van der Waals surface area contributed by atoms with E-state index < -0.39 is 10.9 Å². The highest BCUT2D eigenvalue weighted by molar-refractivity contribution is 9.10. The second-order valence-corrected chi connectivity index (χ2v) is 4.66. The van der Waals surface area contributed by atoms with Gasteiger partial charge in [0.05, 0.1) is 15.1 Å². The van der Waals surface area contributed by atoms with Crippen molar-refractivity contribution in [2.75, 3.05) is 0 Å². The number of aryl methyl sites for hydroxylation is 1. The lowest BCUT2D eigenvalue weighted by Gasteiger charge is -2.02. The summed E-state index contributed by atoms with van der Waals surface area (Å²) in [5, 5.41) is 23.6. The van der Waals surface area contributed by atoms with E-state index in [0.717, 1.165) is 0 Å². The number of carboxylic acid groups (broad SMARTS) is 1. The van der Waals surface area contributed by atoms with E-state index in [1.165, 1.54) is 23.0 Å². The highest BCUT2D eigenvalue weighted by Gasteiger charge is 2.16. The van der Waals surface area contributed by atoms with Crippen molar-refractivity contribution in [3.8, 4) is 5.69 Å². The van der Waals surface area contributed by atoms with Crippen LogP contribution in [-0.2, 0) is 0 Å². The second-order valence-electron chi connectivity index (χ2n) is 3.80. The molecular formula is C11H8BrN3O4. The molecule has 0 radical (unpaired) electrons. The summed E-state index contributed by atoms with van der Waals surface area (Å²) in [6, 6.07) is 4.45. The molecule has 0 spiro atoms. The first-order valence-electron chi connectivity index (χ1n) is 5.14. The molecular weight excluding hydrogens is 318 g/mol. The quantitative estimate of drug-likeness (QED) is 0.690. The van der Waals surface area contributed by atoms with Gasteiger partial charge in [-0.05, 0) is 35.0 Å². The highest BCUT2D eigenvalue weighted by atomic mass is 79.9. The van der Waals surface area contributed by atoms with Crippen molar-refractivity contribution in [2.24, 2.45) is 0 Å². The van der Waals surface area contributed by atoms with Crippen LogP contribution in [-0.4, -0.2) is 25.8 Å². The molecule has 98 valence electrons. The zero-order valence-electron chi connectivity index (χ0n) is 9.70. The summed E-state index contributed by atoms with van der Waals surface area (Å²) < 4.78 is 1.65. The van der Waals surface area contributed by atoms with E-state index in [4.69, 9.17) is 5.11 Å². The van der Waals surface area contributed by atoms with Crippen molar-refractivity contribution in [3.05, 3.63) is 50.2 Å². The molecule has 19 heavy (non-hydrogen) atoms. The van der Waals surface area contributed by atoms with Crippen molar-refractivity contribution in [3.63, 3.8) is 0 Å². The molecule has 0 amide bonds. The first-order valence-corrected chi connectivity index (χ1v) is 5.93. The predicted octanol–water partition coefficient (Wildman–Crippen LogP) is 2.55. The van der Waals surface area contributed by atoms with Crippen LogP contribution in [0, 0.1) is 17.0 Å². The lowest BCUT2D eigenvalue weighted by atomic mass is 10.3. The Balaban J connectivity index is 2.53. The summed E-state index contributed by atoms with van der Waals surface area (Å²) in [6.07, 6.45) is 1.51. The van der Waals surface area contributed by atoms with Crippen LogP contribution in [0.4, 0.5) is 5.69 Å². The zero-order valence-corrected chi connectivity index (χ0v) is 11.3. The number of nitro groups is 1. The standard InChI is InChI=1S/C11H8BrN3O4/c1-6-5-14(13-10(6)11(16)17)7-2-3-8(12)9(4-7)15(18)19/h2-5H,1H3,(H,16,17). The monoisotopic (exact) mass is 325 g/mol. The van der Waals surface area contributed by atoms with Gasteiger partial charge in [-0.1, -0.05) is 0 Å². The topological polar surface area (TPSA) is 98.3 Å². The molecule has 0 aliphatic heterocycles. The van der Waals surface area contributed by atoms with Crippen LogP contribution in [0.25, 0.3) is 5.69 Å². The molecule has 2 rings (SSSR count). The van der Waals surface area contributed by atoms with Crippen molar-refractivity contribution in [1.82, 2.24) is 9.78 Å². The van der Waals surface area contributed by atoms with Crippen molar-refractivity contribution < 1.29 is 14.8 Å². The van der Waals surface area contributed by atoms with E-state index in [1.807, 2.05) is 0 Å². The van der Waals surface area contributed by atoms with Crippen LogP contribution < -0.4 is 0 Å². The fraction of sp³-hybridized carbons (Fsp3) is 0.0909. The number of aromatic carboxylic acids is 1. The molecule has 1 N–H and O–H groups in total. The van der Waals surface area contributed by atoms with Crippen LogP contribution >= 0.6 is 15.9 Å². The van der Waals surface area contributed by atoms with Gasteiger partial charge in [0, 0.05) is 17.8 Å². The smallest absolute Gasteiger partial charge is 0.356 e. The molecule has 0 fully saturated rings. The number of halogens is 1. The van der Waals surface area contributed by atoms with Gasteiger partial charge < -0.3 is 5.11 Å². The maximum Gasteiger partial charge on any atom is 0.356 e. The van der Waals surface area contributed by atoms with E-state index in [-0.39, 0.29) is 11.4 Å². The summed E-state index contributed by atoms with van der Waals surface area (Å²) in [5.74, 6) is -1.14. The van der Waals surface area contributed by atoms with E-state index >= 15 is 0 Å². The minimum atomic E-state index is -1.14. The number of hydrogen-bond donors (Lipinski definition) is 1. The highest BCUT2D eigenvalue weighted by Crippen LogP contribution is 2.27. The maximum absolute atomic E-state index is 10.9. The molecule has 0 bridgehead atoms. The minimum Gasteiger partial charge on any atom is -0.476 e. The Labute approximate surface area is 115 Å². The molecule has 1 aromatic carbocycles. The molecule has 0 saturated carbocycles. The first-order chi connectivity index (χ1) is 8.90. The molecule has 2 aromatic rings. The number of carboxylic acids is 1. The number of nitrogens with zero attached hydrogens (tertiary/aromatic N) is 3. The summed E-state index contributed by atoms with van der Waals surface area (Å²) in [5.41, 5.74) is 0.719. The third kappa shape index (κ3) is 2.48. The van der Waals surface area contributed by atoms with Crippen LogP contribution in [0.15, 0.2) is 28.9 Å². The van der Waals surface area contributed by atoms with Gasteiger partial charge in [0.2, 0.25) is 0 Å². The normalized spacial score (nSPS) is 10.4. The average molecular weight is 326 g/mol. The number of rotatable bonds is 3. The number of carbonyl (C=O) groups is 1. The molecule has 0 atom stereocenters. The zero-order chi connectivity index (χ0) is 14.2. The molecule has 0 saturated heterocycles. The van der Waals surface area contributed by atoms with Gasteiger partial charge in [0.15, 0.2) is 5.69 Å². The van der Waals surface area contributed by atoms with E-state index in [9.17, 15) is 14.9 Å². The third-order valence-electron chi connectivity index (χ3n) is 2.49. The van der Waals surface area contributed by atoms with Crippen molar-refractivity contribution in [2.45, 2.75) is 6.92 Å². The Morgan fingerprint density at radius 3 is 2.74 bits per heavy atom. The van der Waals surface area contributed by atoms with Crippen molar-refractivity contribution in [1.29, 1.82) is 0 Å². The number of hydrogen-bond acceptors (Lipinski definition) is 4. The fourth-order valence-corrected chi connectivity index (χ4v) is 1.98.